The Morgan fingerprint density at radius 1 is 1.40 bits per heavy atom. The van der Waals surface area contributed by atoms with Gasteiger partial charge in [0.15, 0.2) is 0 Å². The molecule has 0 saturated heterocycles. The molecule has 0 radical (unpaired) electrons. The highest BCUT2D eigenvalue weighted by Gasteiger charge is 1.99. The molecule has 2 heteroatoms. The Bertz CT molecular complexity index is 212. The van der Waals surface area contributed by atoms with Crippen LogP contribution in [0.3, 0.4) is 0 Å². The van der Waals surface area contributed by atoms with Crippen molar-refractivity contribution in [3.63, 3.8) is 0 Å². The molecule has 0 aliphatic heterocycles. The Morgan fingerprint density at radius 2 is 2.10 bits per heavy atom. The molecule has 0 fully saturated rings. The van der Waals surface area contributed by atoms with Crippen molar-refractivity contribution in [1.82, 2.24) is 0 Å². The van der Waals surface area contributed by atoms with Crippen molar-refractivity contribution in [2.45, 2.75) is 11.8 Å². The highest BCUT2D eigenvalue weighted by Crippen LogP contribution is 2.25. The van der Waals surface area contributed by atoms with Crippen molar-refractivity contribution in [1.29, 1.82) is 0 Å². The summed E-state index contributed by atoms with van der Waals surface area (Å²) >= 11 is 4.22. The van der Waals surface area contributed by atoms with E-state index in [0.717, 1.165) is 16.2 Å². The van der Waals surface area contributed by atoms with E-state index in [9.17, 15) is 0 Å². The first-order valence-electron chi connectivity index (χ1n) is 3.08. The van der Waals surface area contributed by atoms with Crippen LogP contribution in [0.25, 0.3) is 0 Å². The normalized spacial score (nSPS) is 9.50. The fourth-order valence-electron chi connectivity index (χ4n) is 0.903. The molecule has 0 saturated carbocycles. The molecular formula is C8H10OS. The van der Waals surface area contributed by atoms with Gasteiger partial charge < -0.3 is 4.74 Å². The van der Waals surface area contributed by atoms with Crippen molar-refractivity contribution in [3.05, 3.63) is 23.8 Å². The third-order valence-corrected chi connectivity index (χ3v) is 1.75. The maximum Gasteiger partial charge on any atom is 0.135 e. The zero-order valence-electron chi connectivity index (χ0n) is 6.09. The van der Waals surface area contributed by atoms with Gasteiger partial charge >= 0.3 is 0 Å². The number of benzene rings is 1. The quantitative estimate of drug-likeness (QED) is 0.611. The van der Waals surface area contributed by atoms with Crippen molar-refractivity contribution >= 4 is 12.6 Å². The van der Waals surface area contributed by atoms with E-state index < -0.39 is 0 Å². The van der Waals surface area contributed by atoms with Crippen LogP contribution in [-0.4, -0.2) is 7.11 Å². The average Bonchev–Trinajstić information content (AvgIpc) is 1.88. The highest BCUT2D eigenvalue weighted by atomic mass is 32.1. The lowest BCUT2D eigenvalue weighted by molar-refractivity contribution is 0.402. The van der Waals surface area contributed by atoms with Crippen LogP contribution in [0.5, 0.6) is 5.75 Å². The lowest BCUT2D eigenvalue weighted by Gasteiger charge is -2.05. The second kappa shape index (κ2) is 2.97. The fourth-order valence-corrected chi connectivity index (χ4v) is 1.26. The van der Waals surface area contributed by atoms with Gasteiger partial charge in [-0.3, -0.25) is 0 Å². The first-order valence-corrected chi connectivity index (χ1v) is 3.53. The fraction of sp³-hybridized carbons (Fsp3) is 0.250. The maximum absolute atomic E-state index is 5.10. The maximum atomic E-state index is 5.10. The number of aryl methyl sites for hydroxylation is 1. The summed E-state index contributed by atoms with van der Waals surface area (Å²) in [5.74, 6) is 0.867. The second-order valence-corrected chi connectivity index (χ2v) is 2.61. The number of methoxy groups -OCH3 is 1. The summed E-state index contributed by atoms with van der Waals surface area (Å²) in [4.78, 5) is 0.891. The van der Waals surface area contributed by atoms with Gasteiger partial charge in [-0.05, 0) is 18.6 Å². The largest absolute Gasteiger partial charge is 0.495 e. The monoisotopic (exact) mass is 154 g/mol. The van der Waals surface area contributed by atoms with E-state index in [-0.39, 0.29) is 0 Å². The van der Waals surface area contributed by atoms with Crippen LogP contribution in [0, 0.1) is 6.92 Å². The molecule has 54 valence electrons. The lowest BCUT2D eigenvalue weighted by atomic mass is 10.2. The Hall–Kier alpha value is -0.630. The number of rotatable bonds is 1. The summed E-state index contributed by atoms with van der Waals surface area (Å²) in [6.07, 6.45) is 0. The van der Waals surface area contributed by atoms with E-state index in [2.05, 4.69) is 12.6 Å². The smallest absolute Gasteiger partial charge is 0.135 e. The number of thiol groups is 1. The molecule has 0 heterocycles. The van der Waals surface area contributed by atoms with Crippen molar-refractivity contribution < 1.29 is 4.74 Å². The van der Waals surface area contributed by atoms with Gasteiger partial charge in [-0.15, -0.1) is 12.6 Å². The standard InChI is InChI=1S/C8H10OS/c1-6-4-3-5-7(10)8(6)9-2/h3-5,10H,1-2H3. The molecule has 1 aromatic rings. The van der Waals surface area contributed by atoms with Crippen molar-refractivity contribution in [2.24, 2.45) is 0 Å². The summed E-state index contributed by atoms with van der Waals surface area (Å²) in [5, 5.41) is 0. The Balaban J connectivity index is 3.17. The van der Waals surface area contributed by atoms with Gasteiger partial charge in [-0.1, -0.05) is 12.1 Å². The van der Waals surface area contributed by atoms with Gasteiger partial charge in [0, 0.05) is 4.90 Å². The molecule has 1 nitrogen and oxygen atoms in total. The molecule has 0 aromatic heterocycles. The lowest BCUT2D eigenvalue weighted by Crippen LogP contribution is -1.87. The van der Waals surface area contributed by atoms with Gasteiger partial charge in [-0.25, -0.2) is 0 Å². The summed E-state index contributed by atoms with van der Waals surface area (Å²) in [5.41, 5.74) is 1.12. The Labute approximate surface area is 66.4 Å². The first-order chi connectivity index (χ1) is 4.75. The van der Waals surface area contributed by atoms with Gasteiger partial charge in [-0.2, -0.15) is 0 Å². The topological polar surface area (TPSA) is 9.23 Å². The van der Waals surface area contributed by atoms with Crippen LogP contribution in [0.1, 0.15) is 5.56 Å². The zero-order chi connectivity index (χ0) is 7.56. The highest BCUT2D eigenvalue weighted by molar-refractivity contribution is 7.80. The molecule has 1 rings (SSSR count). The Kier molecular flexibility index (Phi) is 2.22. The second-order valence-electron chi connectivity index (χ2n) is 2.13. The minimum Gasteiger partial charge on any atom is -0.495 e. The SMILES string of the molecule is COc1c(C)cccc1S. The molecule has 0 aliphatic carbocycles. The predicted octanol–water partition coefficient (Wildman–Crippen LogP) is 2.29. The Morgan fingerprint density at radius 3 is 2.50 bits per heavy atom. The molecule has 10 heavy (non-hydrogen) atoms. The van der Waals surface area contributed by atoms with Crippen LogP contribution in [0.15, 0.2) is 23.1 Å². The van der Waals surface area contributed by atoms with E-state index in [4.69, 9.17) is 4.74 Å². The van der Waals surface area contributed by atoms with Gasteiger partial charge in [0.25, 0.3) is 0 Å². The van der Waals surface area contributed by atoms with Crippen LogP contribution in [-0.2, 0) is 0 Å². The van der Waals surface area contributed by atoms with Crippen LogP contribution < -0.4 is 4.74 Å². The van der Waals surface area contributed by atoms with Crippen LogP contribution in [0.2, 0.25) is 0 Å². The van der Waals surface area contributed by atoms with E-state index >= 15 is 0 Å². The third kappa shape index (κ3) is 1.27. The minimum absolute atomic E-state index is 0.867. The van der Waals surface area contributed by atoms with Gasteiger partial charge in [0.05, 0.1) is 7.11 Å². The molecule has 0 amide bonds. The predicted molar refractivity (Wildman–Crippen MR) is 45.0 cm³/mol. The molecule has 0 unspecified atom stereocenters. The van der Waals surface area contributed by atoms with Gasteiger partial charge in [0.1, 0.15) is 5.75 Å². The molecule has 1 aromatic carbocycles. The molecule has 0 atom stereocenters. The van der Waals surface area contributed by atoms with E-state index in [1.165, 1.54) is 0 Å². The summed E-state index contributed by atoms with van der Waals surface area (Å²) < 4.78 is 5.10. The molecule has 0 N–H and O–H groups in total. The number of para-hydroxylation sites is 1. The summed E-state index contributed by atoms with van der Waals surface area (Å²) in [6, 6.07) is 5.87. The van der Waals surface area contributed by atoms with Gasteiger partial charge in [0.2, 0.25) is 0 Å². The van der Waals surface area contributed by atoms with Crippen LogP contribution in [0.4, 0.5) is 0 Å². The molecular weight excluding hydrogens is 144 g/mol. The van der Waals surface area contributed by atoms with E-state index in [1.54, 1.807) is 7.11 Å². The van der Waals surface area contributed by atoms with E-state index in [0.29, 0.717) is 0 Å². The summed E-state index contributed by atoms with van der Waals surface area (Å²) in [6.45, 7) is 2.00. The van der Waals surface area contributed by atoms with Crippen molar-refractivity contribution in [2.75, 3.05) is 7.11 Å². The van der Waals surface area contributed by atoms with Crippen LogP contribution >= 0.6 is 12.6 Å². The van der Waals surface area contributed by atoms with Crippen molar-refractivity contribution in [3.8, 4) is 5.75 Å². The number of hydrogen-bond acceptors (Lipinski definition) is 2. The number of ether oxygens (including phenoxy) is 1. The minimum atomic E-state index is 0.867. The van der Waals surface area contributed by atoms with E-state index in [1.807, 2.05) is 25.1 Å². The summed E-state index contributed by atoms with van der Waals surface area (Å²) in [7, 11) is 1.65. The zero-order valence-corrected chi connectivity index (χ0v) is 6.98. The molecule has 0 bridgehead atoms. The number of hydrogen-bond donors (Lipinski definition) is 1. The third-order valence-electron chi connectivity index (χ3n) is 1.40. The average molecular weight is 154 g/mol. The molecule has 0 aliphatic rings. The first kappa shape index (κ1) is 7.48. The molecule has 0 spiro atoms.